The fourth-order valence-corrected chi connectivity index (χ4v) is 7.89. The van der Waals surface area contributed by atoms with E-state index in [1.807, 2.05) is 50.2 Å². The summed E-state index contributed by atoms with van der Waals surface area (Å²) >= 11 is 0. The van der Waals surface area contributed by atoms with Crippen molar-refractivity contribution in [3.63, 3.8) is 0 Å². The van der Waals surface area contributed by atoms with Crippen LogP contribution in [0.4, 0.5) is 0 Å². The van der Waals surface area contributed by atoms with E-state index in [1.165, 1.54) is 89.2 Å². The Morgan fingerprint density at radius 3 is 0.969 bits per heavy atom. The van der Waals surface area contributed by atoms with Gasteiger partial charge in [-0.15, -0.1) is 0 Å². The molecular formula is C54H86BaO10. The first-order valence-corrected chi connectivity index (χ1v) is 25.0. The second-order valence-electron chi connectivity index (χ2n) is 17.7. The van der Waals surface area contributed by atoms with E-state index in [0.717, 1.165) is 103 Å². The zero-order valence-corrected chi connectivity index (χ0v) is 45.5. The van der Waals surface area contributed by atoms with Crippen molar-refractivity contribution in [2.24, 2.45) is 0 Å². The monoisotopic (exact) mass is 1030 g/mol. The van der Waals surface area contributed by atoms with Gasteiger partial charge >= 0.3 is 60.8 Å². The van der Waals surface area contributed by atoms with E-state index in [9.17, 15) is 29.4 Å². The van der Waals surface area contributed by atoms with E-state index >= 15 is 0 Å². The van der Waals surface area contributed by atoms with Gasteiger partial charge in [-0.2, -0.15) is 0 Å². The molecule has 0 N–H and O–H groups in total. The van der Waals surface area contributed by atoms with E-state index in [0.29, 0.717) is 13.2 Å². The van der Waals surface area contributed by atoms with Crippen LogP contribution in [0.5, 0.6) is 0 Å². The van der Waals surface area contributed by atoms with Crippen molar-refractivity contribution in [1.29, 1.82) is 0 Å². The molecule has 2 aromatic carbocycles. The molecule has 0 aliphatic carbocycles. The molecule has 65 heavy (non-hydrogen) atoms. The van der Waals surface area contributed by atoms with E-state index in [2.05, 4.69) is 24.3 Å². The Kier molecular flexibility index (Phi) is 42.8. The number of carbonyl (C=O) groups is 4. The van der Waals surface area contributed by atoms with Crippen LogP contribution in [-0.4, -0.2) is 97.2 Å². The Morgan fingerprint density at radius 2 is 0.677 bits per heavy atom. The number of carboxylic acids is 2. The Hall–Kier alpha value is -2.19. The minimum atomic E-state index is -0.937. The van der Waals surface area contributed by atoms with E-state index in [1.54, 1.807) is 0 Å². The largest absolute Gasteiger partial charge is 2.00 e. The van der Waals surface area contributed by atoms with Gasteiger partial charge in [-0.05, 0) is 102 Å². The third-order valence-corrected chi connectivity index (χ3v) is 11.5. The van der Waals surface area contributed by atoms with Crippen molar-refractivity contribution in [2.45, 2.75) is 245 Å². The van der Waals surface area contributed by atoms with Gasteiger partial charge in [-0.3, -0.25) is 9.59 Å². The van der Waals surface area contributed by atoms with Gasteiger partial charge in [0.2, 0.25) is 0 Å². The van der Waals surface area contributed by atoms with Crippen molar-refractivity contribution in [2.75, 3.05) is 0 Å². The maximum atomic E-state index is 11.0. The molecule has 4 atom stereocenters. The summed E-state index contributed by atoms with van der Waals surface area (Å²) in [6.07, 6.45) is 28.9. The fourth-order valence-electron chi connectivity index (χ4n) is 7.89. The number of carbonyl (C=O) groups excluding carboxylic acids is 4. The van der Waals surface area contributed by atoms with Gasteiger partial charge in [-0.25, -0.2) is 0 Å². The Balaban J connectivity index is 0.00000124. The van der Waals surface area contributed by atoms with Crippen molar-refractivity contribution >= 4 is 72.8 Å². The summed E-state index contributed by atoms with van der Waals surface area (Å²) in [4.78, 5) is 42.9. The molecular weight excluding hydrogens is 946 g/mol. The standard InChI is InChI=1S/2C27H44O5.Ba/c2*1-23(32-24(2)28)16-14-15-20-26(31-22-25-17-10-9-11-18-25)19-12-7-5-3-4-6-8-13-21-27(29)30;/h2*9-11,17-18,23,26H,3-8,12-16,19-22H2,1-2H3,(H,29,30);/q;;+2/p-2. The van der Waals surface area contributed by atoms with Gasteiger partial charge in [0.1, 0.15) is 0 Å². The Bertz CT molecular complexity index is 1320. The molecule has 0 aliphatic heterocycles. The molecule has 4 unspecified atom stereocenters. The minimum Gasteiger partial charge on any atom is -0.550 e. The van der Waals surface area contributed by atoms with Crippen molar-refractivity contribution < 1.29 is 48.3 Å². The van der Waals surface area contributed by atoms with Crippen molar-refractivity contribution in [3.05, 3.63) is 71.8 Å². The molecule has 0 fully saturated rings. The third kappa shape index (κ3) is 42.9. The number of benzene rings is 2. The third-order valence-electron chi connectivity index (χ3n) is 11.5. The molecule has 2 rings (SSSR count). The first-order chi connectivity index (χ1) is 30.9. The normalized spacial score (nSPS) is 12.7. The van der Waals surface area contributed by atoms with E-state index < -0.39 is 11.9 Å². The van der Waals surface area contributed by atoms with Crippen LogP contribution in [0.25, 0.3) is 0 Å². The maximum Gasteiger partial charge on any atom is 2.00 e. The summed E-state index contributed by atoms with van der Waals surface area (Å²) in [7, 11) is 0. The fraction of sp³-hybridized carbons (Fsp3) is 0.704. The van der Waals surface area contributed by atoms with Crippen LogP contribution in [0, 0.1) is 0 Å². The molecule has 0 amide bonds. The average molecular weight is 1030 g/mol. The van der Waals surface area contributed by atoms with Gasteiger partial charge in [0.15, 0.2) is 0 Å². The van der Waals surface area contributed by atoms with Crippen LogP contribution in [0.15, 0.2) is 60.7 Å². The molecule has 0 saturated carbocycles. The summed E-state index contributed by atoms with van der Waals surface area (Å²) in [5.41, 5.74) is 2.42. The SMILES string of the molecule is CC(=O)OC(C)CCCCC(CCCCCCCCCCC(=O)[O-])OCc1ccccc1.CC(=O)OC(C)CCCCC(CCCCCCCCCCC(=O)[O-])OCc1ccccc1.[Ba+2]. The molecule has 0 spiro atoms. The van der Waals surface area contributed by atoms with E-state index in [4.69, 9.17) is 18.9 Å². The molecule has 2 aromatic rings. The predicted octanol–water partition coefficient (Wildman–Crippen LogP) is 11.1. The van der Waals surface area contributed by atoms with Crippen molar-refractivity contribution in [3.8, 4) is 0 Å². The van der Waals surface area contributed by atoms with Gasteiger partial charge < -0.3 is 38.7 Å². The van der Waals surface area contributed by atoms with Gasteiger partial charge in [0.25, 0.3) is 0 Å². The molecule has 10 nitrogen and oxygen atoms in total. The first kappa shape index (κ1) is 62.8. The number of esters is 2. The number of hydrogen-bond acceptors (Lipinski definition) is 10. The minimum absolute atomic E-state index is 0. The number of carboxylic acid groups (broad SMARTS) is 2. The zero-order valence-electron chi connectivity index (χ0n) is 41.1. The predicted molar refractivity (Wildman–Crippen MR) is 258 cm³/mol. The number of aliphatic carboxylic acids is 2. The van der Waals surface area contributed by atoms with Crippen LogP contribution < -0.4 is 10.2 Å². The average Bonchev–Trinajstić information content (AvgIpc) is 3.25. The molecule has 0 saturated heterocycles. The van der Waals surface area contributed by atoms with Crippen LogP contribution >= 0.6 is 0 Å². The summed E-state index contributed by atoms with van der Waals surface area (Å²) in [5, 5.41) is 20.8. The zero-order chi connectivity index (χ0) is 46.9. The summed E-state index contributed by atoms with van der Waals surface area (Å²) in [5.74, 6) is -2.29. The number of hydrogen-bond donors (Lipinski definition) is 0. The van der Waals surface area contributed by atoms with Gasteiger partial charge in [-0.1, -0.05) is 163 Å². The van der Waals surface area contributed by atoms with E-state index in [-0.39, 0.29) is 98.1 Å². The summed E-state index contributed by atoms with van der Waals surface area (Å²) in [6.45, 7) is 8.13. The molecule has 0 heterocycles. The second-order valence-corrected chi connectivity index (χ2v) is 17.7. The van der Waals surface area contributed by atoms with Crippen LogP contribution in [0.2, 0.25) is 0 Å². The maximum absolute atomic E-state index is 11.0. The molecule has 0 aliphatic rings. The number of rotatable bonds is 40. The topological polar surface area (TPSA) is 151 Å². The molecule has 11 heteroatoms. The summed E-state index contributed by atoms with van der Waals surface area (Å²) < 4.78 is 22.9. The molecule has 0 bridgehead atoms. The summed E-state index contributed by atoms with van der Waals surface area (Å²) in [6, 6.07) is 20.6. The quantitative estimate of drug-likeness (QED) is 0.0358. The second kappa shape index (κ2) is 44.3. The molecule has 364 valence electrons. The van der Waals surface area contributed by atoms with Gasteiger partial charge in [0.05, 0.1) is 37.6 Å². The molecule has 0 radical (unpaired) electrons. The van der Waals surface area contributed by atoms with Crippen LogP contribution in [0.1, 0.15) is 219 Å². The van der Waals surface area contributed by atoms with Crippen LogP contribution in [-0.2, 0) is 51.3 Å². The smallest absolute Gasteiger partial charge is 0.550 e. The first-order valence-electron chi connectivity index (χ1n) is 25.0. The number of ether oxygens (including phenoxy) is 4. The van der Waals surface area contributed by atoms with Crippen molar-refractivity contribution in [1.82, 2.24) is 0 Å². The van der Waals surface area contributed by atoms with Crippen LogP contribution in [0.3, 0.4) is 0 Å². The Labute approximate surface area is 434 Å². The Morgan fingerprint density at radius 1 is 0.415 bits per heavy atom. The van der Waals surface area contributed by atoms with Gasteiger partial charge in [0, 0.05) is 25.8 Å². The number of unbranched alkanes of at least 4 members (excludes halogenated alkanes) is 16. The molecule has 0 aromatic heterocycles.